The number of aryl methyl sites for hydroxylation is 1. The first kappa shape index (κ1) is 17.3. The molecule has 0 fully saturated rings. The molecule has 1 N–H and O–H groups in total. The van der Waals surface area contributed by atoms with Gasteiger partial charge >= 0.3 is 0 Å². The number of hydrogen-bond acceptors (Lipinski definition) is 4. The summed E-state index contributed by atoms with van der Waals surface area (Å²) in [5, 5.41) is 4.96. The highest BCUT2D eigenvalue weighted by atomic mass is 32.1. The van der Waals surface area contributed by atoms with Crippen LogP contribution in [0.2, 0.25) is 0 Å². The van der Waals surface area contributed by atoms with Gasteiger partial charge in [-0.2, -0.15) is 0 Å². The van der Waals surface area contributed by atoms with Gasteiger partial charge in [-0.3, -0.25) is 9.20 Å². The Bertz CT molecular complexity index is 1110. The van der Waals surface area contributed by atoms with Crippen molar-refractivity contribution >= 4 is 27.9 Å². The third-order valence-corrected chi connectivity index (χ3v) is 5.30. The molecular weight excluding hydrogens is 358 g/mol. The van der Waals surface area contributed by atoms with E-state index in [0.717, 1.165) is 38.9 Å². The van der Waals surface area contributed by atoms with Crippen LogP contribution in [0.3, 0.4) is 0 Å². The van der Waals surface area contributed by atoms with Crippen LogP contribution in [0.1, 0.15) is 11.3 Å². The molecule has 6 heteroatoms. The quantitative estimate of drug-likeness (QED) is 0.555. The lowest BCUT2D eigenvalue weighted by molar-refractivity contribution is -0.115. The predicted octanol–water partition coefficient (Wildman–Crippen LogP) is 4.56. The van der Waals surface area contributed by atoms with E-state index in [1.165, 1.54) is 11.3 Å². The molecule has 0 unspecified atom stereocenters. The van der Waals surface area contributed by atoms with Crippen molar-refractivity contribution in [1.29, 1.82) is 0 Å². The number of amides is 1. The van der Waals surface area contributed by atoms with E-state index in [-0.39, 0.29) is 5.91 Å². The van der Waals surface area contributed by atoms with Gasteiger partial charge in [-0.1, -0.05) is 30.3 Å². The van der Waals surface area contributed by atoms with E-state index in [9.17, 15) is 4.79 Å². The van der Waals surface area contributed by atoms with Gasteiger partial charge in [0, 0.05) is 28.5 Å². The summed E-state index contributed by atoms with van der Waals surface area (Å²) in [5.41, 5.74) is 4.66. The van der Waals surface area contributed by atoms with Gasteiger partial charge in [-0.05, 0) is 30.7 Å². The number of hydrogen-bond donors (Lipinski definition) is 1. The van der Waals surface area contributed by atoms with Crippen LogP contribution >= 0.6 is 11.3 Å². The molecule has 0 aliphatic heterocycles. The number of anilines is 1. The molecule has 0 radical (unpaired) electrons. The summed E-state index contributed by atoms with van der Waals surface area (Å²) in [6.07, 6.45) is 2.26. The van der Waals surface area contributed by atoms with E-state index in [1.54, 1.807) is 7.11 Å². The van der Waals surface area contributed by atoms with Crippen LogP contribution in [0.5, 0.6) is 5.75 Å². The molecule has 0 bridgehead atoms. The maximum atomic E-state index is 12.5. The smallest absolute Gasteiger partial charge is 0.230 e. The van der Waals surface area contributed by atoms with Gasteiger partial charge < -0.3 is 10.1 Å². The lowest BCUT2D eigenvalue weighted by Gasteiger charge is -2.07. The van der Waals surface area contributed by atoms with E-state index < -0.39 is 0 Å². The summed E-state index contributed by atoms with van der Waals surface area (Å²) in [4.78, 5) is 18.0. The van der Waals surface area contributed by atoms with E-state index in [0.29, 0.717) is 6.42 Å². The number of imidazole rings is 1. The van der Waals surface area contributed by atoms with Crippen LogP contribution in [0.25, 0.3) is 16.2 Å². The van der Waals surface area contributed by atoms with Crippen molar-refractivity contribution in [2.45, 2.75) is 13.3 Å². The number of methoxy groups -OCH3 is 1. The van der Waals surface area contributed by atoms with E-state index in [4.69, 9.17) is 4.74 Å². The van der Waals surface area contributed by atoms with Crippen LogP contribution in [0.15, 0.2) is 60.1 Å². The summed E-state index contributed by atoms with van der Waals surface area (Å²) < 4.78 is 7.27. The van der Waals surface area contributed by atoms with Crippen LogP contribution in [0, 0.1) is 6.92 Å². The number of carbonyl (C=O) groups is 1. The van der Waals surface area contributed by atoms with Gasteiger partial charge in [0.15, 0.2) is 4.96 Å². The van der Waals surface area contributed by atoms with Crippen molar-refractivity contribution in [2.75, 3.05) is 12.4 Å². The van der Waals surface area contributed by atoms with Crippen LogP contribution in [-0.2, 0) is 11.2 Å². The molecule has 136 valence electrons. The highest BCUT2D eigenvalue weighted by molar-refractivity contribution is 7.15. The number of nitrogens with one attached hydrogen (secondary N) is 1. The zero-order valence-electron chi connectivity index (χ0n) is 15.1. The van der Waals surface area contributed by atoms with E-state index in [2.05, 4.69) is 10.3 Å². The molecule has 0 aliphatic rings. The highest BCUT2D eigenvalue weighted by Crippen LogP contribution is 2.26. The highest BCUT2D eigenvalue weighted by Gasteiger charge is 2.13. The number of ether oxygens (including phenoxy) is 1. The molecule has 0 atom stereocenters. The SMILES string of the molecule is COc1cccc(-c2cn3c(CC(=O)Nc4ccccc4C)csc3n2)c1. The second kappa shape index (κ2) is 7.25. The number of carbonyl (C=O) groups excluding carboxylic acids is 1. The minimum atomic E-state index is -0.0411. The topological polar surface area (TPSA) is 55.6 Å². The molecule has 4 rings (SSSR count). The van der Waals surface area contributed by atoms with Crippen molar-refractivity contribution in [3.8, 4) is 17.0 Å². The average Bonchev–Trinajstić information content (AvgIpc) is 3.26. The monoisotopic (exact) mass is 377 g/mol. The first-order chi connectivity index (χ1) is 13.1. The number of para-hydroxylation sites is 1. The maximum Gasteiger partial charge on any atom is 0.230 e. The summed E-state index contributed by atoms with van der Waals surface area (Å²) in [6, 6.07) is 15.6. The Hall–Kier alpha value is -3.12. The zero-order valence-corrected chi connectivity index (χ0v) is 15.9. The Morgan fingerprint density at radius 3 is 2.89 bits per heavy atom. The molecule has 5 nitrogen and oxygen atoms in total. The summed E-state index contributed by atoms with van der Waals surface area (Å²) >= 11 is 1.53. The van der Waals surface area contributed by atoms with Crippen LogP contribution in [-0.4, -0.2) is 22.4 Å². The second-order valence-corrected chi connectivity index (χ2v) is 7.11. The fourth-order valence-corrected chi connectivity index (χ4v) is 3.82. The standard InChI is InChI=1S/C21H19N3O2S/c1-14-6-3-4-9-18(14)22-20(25)11-16-13-27-21-23-19(12-24(16)21)15-7-5-8-17(10-15)26-2/h3-10,12-13H,11H2,1-2H3,(H,22,25). The molecule has 0 saturated carbocycles. The molecule has 4 aromatic rings. The number of rotatable bonds is 5. The van der Waals surface area contributed by atoms with Gasteiger partial charge in [-0.25, -0.2) is 4.98 Å². The molecule has 0 spiro atoms. The number of nitrogens with zero attached hydrogens (tertiary/aromatic N) is 2. The third-order valence-electron chi connectivity index (χ3n) is 4.41. The Kier molecular flexibility index (Phi) is 4.64. The van der Waals surface area contributed by atoms with Crippen molar-refractivity contribution in [1.82, 2.24) is 9.38 Å². The minimum Gasteiger partial charge on any atom is -0.497 e. The normalized spacial score (nSPS) is 10.9. The summed E-state index contributed by atoms with van der Waals surface area (Å²) in [7, 11) is 1.65. The number of fused-ring (bicyclic) bond motifs is 1. The molecule has 1 amide bonds. The van der Waals surface area contributed by atoms with Gasteiger partial charge in [-0.15, -0.1) is 11.3 Å². The van der Waals surface area contributed by atoms with Crippen molar-refractivity contribution in [3.05, 3.63) is 71.4 Å². The number of thiazole rings is 1. The molecule has 27 heavy (non-hydrogen) atoms. The molecule has 2 aromatic heterocycles. The molecule has 0 saturated heterocycles. The molecule has 0 aliphatic carbocycles. The fraction of sp³-hybridized carbons (Fsp3) is 0.143. The largest absolute Gasteiger partial charge is 0.497 e. The lowest BCUT2D eigenvalue weighted by Crippen LogP contribution is -2.15. The van der Waals surface area contributed by atoms with Gasteiger partial charge in [0.05, 0.1) is 19.2 Å². The third kappa shape index (κ3) is 3.57. The Morgan fingerprint density at radius 2 is 2.07 bits per heavy atom. The van der Waals surface area contributed by atoms with Crippen LogP contribution < -0.4 is 10.1 Å². The molecular formula is C21H19N3O2S. The maximum absolute atomic E-state index is 12.5. The lowest BCUT2D eigenvalue weighted by atomic mass is 10.1. The zero-order chi connectivity index (χ0) is 18.8. The number of benzene rings is 2. The fourth-order valence-electron chi connectivity index (χ4n) is 2.95. The van der Waals surface area contributed by atoms with E-state index in [1.807, 2.05) is 71.4 Å². The Morgan fingerprint density at radius 1 is 1.22 bits per heavy atom. The predicted molar refractivity (Wildman–Crippen MR) is 109 cm³/mol. The molecule has 2 aromatic carbocycles. The summed E-state index contributed by atoms with van der Waals surface area (Å²) in [6.45, 7) is 1.98. The Labute approximate surface area is 161 Å². The first-order valence-corrected chi connectivity index (χ1v) is 9.47. The van der Waals surface area contributed by atoms with Gasteiger partial charge in [0.1, 0.15) is 5.75 Å². The summed E-state index contributed by atoms with van der Waals surface area (Å²) in [5.74, 6) is 0.752. The van der Waals surface area contributed by atoms with Crippen molar-refractivity contribution < 1.29 is 9.53 Å². The molecule has 2 heterocycles. The first-order valence-electron chi connectivity index (χ1n) is 8.59. The van der Waals surface area contributed by atoms with E-state index >= 15 is 0 Å². The average molecular weight is 377 g/mol. The van der Waals surface area contributed by atoms with Crippen molar-refractivity contribution in [2.24, 2.45) is 0 Å². The minimum absolute atomic E-state index is 0.0411. The van der Waals surface area contributed by atoms with Crippen LogP contribution in [0.4, 0.5) is 5.69 Å². The van der Waals surface area contributed by atoms with Crippen molar-refractivity contribution in [3.63, 3.8) is 0 Å². The van der Waals surface area contributed by atoms with Gasteiger partial charge in [0.25, 0.3) is 0 Å². The second-order valence-electron chi connectivity index (χ2n) is 6.28. The van der Waals surface area contributed by atoms with Gasteiger partial charge in [0.2, 0.25) is 5.91 Å². The Balaban J connectivity index is 1.57. The number of aromatic nitrogens is 2.